The van der Waals surface area contributed by atoms with E-state index in [0.717, 1.165) is 0 Å². The van der Waals surface area contributed by atoms with Crippen molar-refractivity contribution in [2.75, 3.05) is 18.0 Å². The molecule has 0 atom stereocenters. The van der Waals surface area contributed by atoms with E-state index < -0.39 is 5.97 Å². The van der Waals surface area contributed by atoms with E-state index >= 15 is 0 Å². The summed E-state index contributed by atoms with van der Waals surface area (Å²) in [4.78, 5) is 16.6. The molecule has 0 unspecified atom stereocenters. The molecule has 4 nitrogen and oxygen atoms in total. The molecule has 17 heavy (non-hydrogen) atoms. The number of carboxylic acid groups (broad SMARTS) is 1. The minimum Gasteiger partial charge on any atom is -0.478 e. The van der Waals surface area contributed by atoms with Crippen LogP contribution in [0.3, 0.4) is 0 Å². The van der Waals surface area contributed by atoms with Gasteiger partial charge in [0.1, 0.15) is 5.82 Å². The minimum atomic E-state index is -1.05. The van der Waals surface area contributed by atoms with E-state index in [9.17, 15) is 4.79 Å². The Balaban J connectivity index is 3.07. The monoisotopic (exact) mass is 252 g/mol. The third-order valence-corrected chi connectivity index (χ3v) is 2.35. The van der Waals surface area contributed by atoms with E-state index in [4.69, 9.17) is 16.7 Å². The smallest absolute Gasteiger partial charge is 0.337 e. The summed E-state index contributed by atoms with van der Waals surface area (Å²) in [5, 5.41) is 9.10. The first kappa shape index (κ1) is 13.3. The minimum absolute atomic E-state index is 0.0657. The molecule has 0 aliphatic heterocycles. The van der Waals surface area contributed by atoms with Gasteiger partial charge in [0, 0.05) is 19.3 Å². The highest BCUT2D eigenvalue weighted by molar-refractivity contribution is 6.33. The number of hydrogen-bond donors (Lipinski definition) is 1. The summed E-state index contributed by atoms with van der Waals surface area (Å²) >= 11 is 6.00. The van der Waals surface area contributed by atoms with Gasteiger partial charge in [-0.1, -0.05) is 23.8 Å². The van der Waals surface area contributed by atoms with Gasteiger partial charge in [0.05, 0.1) is 10.6 Å². The Morgan fingerprint density at radius 1 is 1.47 bits per heavy atom. The van der Waals surface area contributed by atoms with Crippen LogP contribution in [0.1, 0.15) is 10.4 Å². The molecule has 5 heteroatoms. The Morgan fingerprint density at radius 3 is 2.47 bits per heavy atom. The van der Waals surface area contributed by atoms with E-state index in [-0.39, 0.29) is 5.56 Å². The molecule has 0 aromatic carbocycles. The van der Waals surface area contributed by atoms with Gasteiger partial charge in [0.25, 0.3) is 0 Å². The number of carbonyl (C=O) groups is 1. The molecule has 0 amide bonds. The van der Waals surface area contributed by atoms with Crippen molar-refractivity contribution in [3.8, 4) is 0 Å². The lowest BCUT2D eigenvalue weighted by molar-refractivity contribution is 0.0696. The summed E-state index contributed by atoms with van der Waals surface area (Å²) < 4.78 is 0. The molecule has 0 fully saturated rings. The first-order chi connectivity index (χ1) is 8.10. The predicted molar refractivity (Wildman–Crippen MR) is 68.8 cm³/mol. The maximum absolute atomic E-state index is 10.7. The zero-order valence-electron chi connectivity index (χ0n) is 9.27. The molecule has 1 heterocycles. The van der Waals surface area contributed by atoms with Crippen LogP contribution in [0.25, 0.3) is 0 Å². The van der Waals surface area contributed by atoms with Crippen molar-refractivity contribution in [1.29, 1.82) is 0 Å². The number of anilines is 1. The number of aromatic nitrogens is 1. The Morgan fingerprint density at radius 2 is 2.06 bits per heavy atom. The van der Waals surface area contributed by atoms with Crippen molar-refractivity contribution < 1.29 is 9.90 Å². The fourth-order valence-electron chi connectivity index (χ4n) is 1.34. The largest absolute Gasteiger partial charge is 0.478 e. The van der Waals surface area contributed by atoms with E-state index in [2.05, 4.69) is 18.1 Å². The van der Waals surface area contributed by atoms with Gasteiger partial charge in [-0.25, -0.2) is 9.78 Å². The highest BCUT2D eigenvalue weighted by Crippen LogP contribution is 2.24. The highest BCUT2D eigenvalue weighted by atomic mass is 35.5. The molecule has 0 saturated heterocycles. The van der Waals surface area contributed by atoms with Gasteiger partial charge in [-0.3, -0.25) is 0 Å². The van der Waals surface area contributed by atoms with Gasteiger partial charge < -0.3 is 10.0 Å². The average Bonchev–Trinajstić information content (AvgIpc) is 2.28. The topological polar surface area (TPSA) is 53.4 Å². The van der Waals surface area contributed by atoms with Crippen molar-refractivity contribution in [1.82, 2.24) is 4.98 Å². The first-order valence-electron chi connectivity index (χ1n) is 4.95. The number of hydrogen-bond acceptors (Lipinski definition) is 3. The molecule has 1 aromatic rings. The molecule has 1 rings (SSSR count). The second-order valence-corrected chi connectivity index (χ2v) is 3.72. The summed E-state index contributed by atoms with van der Waals surface area (Å²) in [5.74, 6) is -0.526. The maximum atomic E-state index is 10.7. The lowest BCUT2D eigenvalue weighted by Gasteiger charge is -2.21. The molecule has 0 bridgehead atoms. The van der Waals surface area contributed by atoms with Gasteiger partial charge in [-0.2, -0.15) is 0 Å². The number of aromatic carboxylic acids is 1. The molecular formula is C12H13ClN2O2. The third-order valence-electron chi connectivity index (χ3n) is 2.07. The maximum Gasteiger partial charge on any atom is 0.337 e. The third kappa shape index (κ3) is 3.32. The lowest BCUT2D eigenvalue weighted by Crippen LogP contribution is -2.24. The van der Waals surface area contributed by atoms with E-state index in [1.807, 2.05) is 4.90 Å². The second-order valence-electron chi connectivity index (χ2n) is 3.32. The summed E-state index contributed by atoms with van der Waals surface area (Å²) in [6, 6.07) is 1.38. The van der Waals surface area contributed by atoms with Crippen LogP contribution in [0.4, 0.5) is 5.82 Å². The first-order valence-corrected chi connectivity index (χ1v) is 5.33. The molecule has 90 valence electrons. The number of halogens is 1. The summed E-state index contributed by atoms with van der Waals surface area (Å²) in [6.07, 6.45) is 4.71. The average molecular weight is 253 g/mol. The summed E-state index contributed by atoms with van der Waals surface area (Å²) in [6.45, 7) is 8.41. The van der Waals surface area contributed by atoms with Crippen LogP contribution in [-0.2, 0) is 0 Å². The normalized spacial score (nSPS) is 9.71. The fourth-order valence-corrected chi connectivity index (χ4v) is 1.63. The number of rotatable bonds is 6. The molecule has 1 aromatic heterocycles. The van der Waals surface area contributed by atoms with Crippen molar-refractivity contribution in [3.05, 3.63) is 48.2 Å². The van der Waals surface area contributed by atoms with Crippen LogP contribution in [-0.4, -0.2) is 29.1 Å². The van der Waals surface area contributed by atoms with Gasteiger partial charge in [-0.15, -0.1) is 13.2 Å². The van der Waals surface area contributed by atoms with E-state index in [1.54, 1.807) is 12.2 Å². The van der Waals surface area contributed by atoms with Crippen LogP contribution in [0.15, 0.2) is 37.6 Å². The summed E-state index contributed by atoms with van der Waals surface area (Å²) in [5.41, 5.74) is 0.0657. The van der Waals surface area contributed by atoms with E-state index in [0.29, 0.717) is 23.9 Å². The molecular weight excluding hydrogens is 240 g/mol. The van der Waals surface area contributed by atoms with Gasteiger partial charge >= 0.3 is 5.97 Å². The van der Waals surface area contributed by atoms with Crippen LogP contribution in [0, 0.1) is 0 Å². The Kier molecular flexibility index (Phi) is 4.72. The molecule has 0 aliphatic rings. The molecule has 0 aliphatic carbocycles. The highest BCUT2D eigenvalue weighted by Gasteiger charge is 2.12. The number of nitrogens with zero attached hydrogens (tertiary/aromatic N) is 2. The van der Waals surface area contributed by atoms with Gasteiger partial charge in [-0.05, 0) is 6.07 Å². The quantitative estimate of drug-likeness (QED) is 0.791. The number of pyridine rings is 1. The van der Waals surface area contributed by atoms with Crippen LogP contribution in [0.2, 0.25) is 5.02 Å². The van der Waals surface area contributed by atoms with Crippen molar-refractivity contribution in [2.45, 2.75) is 0 Å². The molecule has 0 saturated carbocycles. The lowest BCUT2D eigenvalue weighted by atomic mass is 10.3. The fraction of sp³-hybridized carbons (Fsp3) is 0.167. The van der Waals surface area contributed by atoms with Crippen LogP contribution < -0.4 is 4.90 Å². The Bertz CT molecular complexity index is 436. The van der Waals surface area contributed by atoms with E-state index in [1.165, 1.54) is 12.3 Å². The molecule has 1 N–H and O–H groups in total. The zero-order valence-corrected chi connectivity index (χ0v) is 10.0. The van der Waals surface area contributed by atoms with Crippen molar-refractivity contribution in [3.63, 3.8) is 0 Å². The summed E-state index contributed by atoms with van der Waals surface area (Å²) in [7, 11) is 0. The van der Waals surface area contributed by atoms with Crippen LogP contribution >= 0.6 is 11.6 Å². The Hall–Kier alpha value is -1.81. The van der Waals surface area contributed by atoms with Crippen molar-refractivity contribution in [2.24, 2.45) is 0 Å². The Labute approximate surface area is 105 Å². The second kappa shape index (κ2) is 6.06. The molecule has 0 radical (unpaired) electrons. The van der Waals surface area contributed by atoms with Gasteiger partial charge in [0.15, 0.2) is 0 Å². The zero-order chi connectivity index (χ0) is 12.8. The predicted octanol–water partition coefficient (Wildman–Crippen LogP) is 2.61. The standard InChI is InChI=1S/C12H13ClN2O2/c1-3-5-15(6-4-2)11-10(13)7-9(8-14-11)12(16)17/h3-4,7-8H,1-2,5-6H2,(H,16,17). The van der Waals surface area contributed by atoms with Gasteiger partial charge in [0.2, 0.25) is 0 Å². The molecule has 0 spiro atoms. The SMILES string of the molecule is C=CCN(CC=C)c1ncc(C(=O)O)cc1Cl. The number of carboxylic acids is 1. The van der Waals surface area contributed by atoms with Crippen LogP contribution in [0.5, 0.6) is 0 Å². The van der Waals surface area contributed by atoms with Crippen molar-refractivity contribution >= 4 is 23.4 Å².